The molecule has 0 saturated heterocycles. The molecule has 31 heavy (non-hydrogen) atoms. The lowest BCUT2D eigenvalue weighted by Gasteiger charge is -2.23. The summed E-state index contributed by atoms with van der Waals surface area (Å²) >= 11 is 0. The summed E-state index contributed by atoms with van der Waals surface area (Å²) < 4.78 is 5.70. The molecular formula is C25H34O6. The second-order valence-corrected chi connectivity index (χ2v) is 8.37. The van der Waals surface area contributed by atoms with Gasteiger partial charge in [0.05, 0.1) is 5.56 Å². The van der Waals surface area contributed by atoms with Crippen LogP contribution in [0.1, 0.15) is 84.0 Å². The molecule has 0 heterocycles. The minimum atomic E-state index is -0.567. The van der Waals surface area contributed by atoms with Crippen LogP contribution in [0.4, 0.5) is 0 Å². The molecule has 0 fully saturated rings. The highest BCUT2D eigenvalue weighted by Crippen LogP contribution is 2.33. The lowest BCUT2D eigenvalue weighted by Crippen LogP contribution is -2.20. The van der Waals surface area contributed by atoms with Crippen molar-refractivity contribution in [3.05, 3.63) is 64.2 Å². The first-order valence-electron chi connectivity index (χ1n) is 10.7. The number of rotatable bonds is 10. The highest BCUT2D eigenvalue weighted by molar-refractivity contribution is 5.95. The monoisotopic (exact) mass is 430 g/mol. The van der Waals surface area contributed by atoms with Gasteiger partial charge in [-0.1, -0.05) is 52.0 Å². The van der Waals surface area contributed by atoms with Crippen LogP contribution in [0.25, 0.3) is 0 Å². The van der Waals surface area contributed by atoms with Crippen molar-refractivity contribution in [3.8, 4) is 5.75 Å². The van der Waals surface area contributed by atoms with Gasteiger partial charge in [0, 0.05) is 50.1 Å². The van der Waals surface area contributed by atoms with E-state index in [9.17, 15) is 25.2 Å². The van der Waals surface area contributed by atoms with Crippen LogP contribution < -0.4 is 4.74 Å². The van der Waals surface area contributed by atoms with Crippen LogP contribution in [0.5, 0.6) is 5.75 Å². The maximum Gasteiger partial charge on any atom is 0.344 e. The highest BCUT2D eigenvalue weighted by atomic mass is 16.5. The van der Waals surface area contributed by atoms with Gasteiger partial charge in [-0.3, -0.25) is 0 Å². The molecule has 0 spiro atoms. The quantitative estimate of drug-likeness (QED) is 0.340. The molecule has 0 radical (unpaired) electrons. The summed E-state index contributed by atoms with van der Waals surface area (Å²) in [6.45, 7) is 7.00. The number of carbonyl (C=O) groups excluding carboxylic acids is 1. The molecule has 6 heteroatoms. The lowest BCUT2D eigenvalue weighted by atomic mass is 9.83. The van der Waals surface area contributed by atoms with Gasteiger partial charge in [-0.25, -0.2) is 4.79 Å². The number of hydrogen-bond donors (Lipinski definition) is 4. The van der Waals surface area contributed by atoms with E-state index in [1.165, 1.54) is 0 Å². The third-order valence-electron chi connectivity index (χ3n) is 5.79. The van der Waals surface area contributed by atoms with Crippen molar-refractivity contribution < 1.29 is 30.0 Å². The molecule has 4 N–H and O–H groups in total. The summed E-state index contributed by atoms with van der Waals surface area (Å²) in [6.07, 6.45) is 0. The van der Waals surface area contributed by atoms with Crippen molar-refractivity contribution in [1.82, 2.24) is 0 Å². The van der Waals surface area contributed by atoms with E-state index in [4.69, 9.17) is 4.74 Å². The first kappa shape index (κ1) is 25.0. The van der Waals surface area contributed by atoms with E-state index in [-0.39, 0.29) is 50.1 Å². The summed E-state index contributed by atoms with van der Waals surface area (Å²) in [5.41, 5.74) is 3.27. The minimum Gasteiger partial charge on any atom is -0.423 e. The summed E-state index contributed by atoms with van der Waals surface area (Å²) in [7, 11) is 0. The molecule has 0 aliphatic carbocycles. The predicted molar refractivity (Wildman–Crippen MR) is 120 cm³/mol. The summed E-state index contributed by atoms with van der Waals surface area (Å²) in [6, 6.07) is 10.7. The molecule has 0 aliphatic heterocycles. The van der Waals surface area contributed by atoms with Crippen molar-refractivity contribution in [2.24, 2.45) is 0 Å². The van der Waals surface area contributed by atoms with E-state index in [1.807, 2.05) is 45.9 Å². The van der Waals surface area contributed by atoms with Gasteiger partial charge in [-0.05, 0) is 34.4 Å². The molecule has 0 bridgehead atoms. The summed E-state index contributed by atoms with van der Waals surface area (Å²) in [4.78, 5) is 13.3. The van der Waals surface area contributed by atoms with Gasteiger partial charge in [0.1, 0.15) is 5.75 Å². The summed E-state index contributed by atoms with van der Waals surface area (Å²) in [5, 5.41) is 38.6. The largest absolute Gasteiger partial charge is 0.423 e. The van der Waals surface area contributed by atoms with Gasteiger partial charge in [-0.15, -0.1) is 0 Å². The first-order valence-corrected chi connectivity index (χ1v) is 10.7. The molecule has 0 aromatic heterocycles. The van der Waals surface area contributed by atoms with Crippen LogP contribution in [0.15, 0.2) is 36.4 Å². The molecule has 170 valence electrons. The third kappa shape index (κ3) is 5.92. The second kappa shape index (κ2) is 11.4. The Morgan fingerprint density at radius 2 is 1.23 bits per heavy atom. The fourth-order valence-electron chi connectivity index (χ4n) is 3.46. The van der Waals surface area contributed by atoms with Crippen LogP contribution in [0.3, 0.4) is 0 Å². The Morgan fingerprint density at radius 1 is 0.742 bits per heavy atom. The molecule has 4 unspecified atom stereocenters. The van der Waals surface area contributed by atoms with Crippen molar-refractivity contribution >= 4 is 5.97 Å². The fourth-order valence-corrected chi connectivity index (χ4v) is 3.46. The van der Waals surface area contributed by atoms with Crippen molar-refractivity contribution in [2.75, 3.05) is 26.4 Å². The SMILES string of the molecule is CC(CO)c1cccc(OC(=O)c2c(C(C)CO)cc(C(C)CO)cc2C(C)CO)c1. The zero-order chi connectivity index (χ0) is 23.1. The maximum absolute atomic E-state index is 13.3. The standard InChI is InChI=1S/C25H34O6/c1-15(11-26)19-6-5-7-21(8-19)31-25(30)24-22(17(3)13-28)9-20(16(2)12-27)10-23(24)18(4)14-29/h5-10,15-18,26-29H,11-14H2,1-4H3. The van der Waals surface area contributed by atoms with E-state index < -0.39 is 5.97 Å². The molecule has 4 atom stereocenters. The number of hydrogen-bond acceptors (Lipinski definition) is 6. The number of ether oxygens (including phenoxy) is 1. The molecular weight excluding hydrogens is 396 g/mol. The number of benzene rings is 2. The Balaban J connectivity index is 2.57. The molecule has 2 aromatic rings. The minimum absolute atomic E-state index is 0.0156. The van der Waals surface area contributed by atoms with Gasteiger partial charge in [-0.2, -0.15) is 0 Å². The van der Waals surface area contributed by atoms with Gasteiger partial charge in [0.25, 0.3) is 0 Å². The Hall–Kier alpha value is -2.25. The molecule has 0 amide bonds. The van der Waals surface area contributed by atoms with Crippen LogP contribution in [0, 0.1) is 0 Å². The van der Waals surface area contributed by atoms with Gasteiger partial charge in [0.2, 0.25) is 0 Å². The number of aliphatic hydroxyl groups excluding tert-OH is 4. The number of esters is 1. The number of aliphatic hydroxyl groups is 4. The molecule has 2 aromatic carbocycles. The van der Waals surface area contributed by atoms with Crippen molar-refractivity contribution in [3.63, 3.8) is 0 Å². The van der Waals surface area contributed by atoms with Gasteiger partial charge < -0.3 is 25.2 Å². The van der Waals surface area contributed by atoms with E-state index in [1.54, 1.807) is 18.2 Å². The Labute approximate surface area is 184 Å². The maximum atomic E-state index is 13.3. The highest BCUT2D eigenvalue weighted by Gasteiger charge is 2.26. The first-order chi connectivity index (χ1) is 14.8. The van der Waals surface area contributed by atoms with Crippen LogP contribution in [0.2, 0.25) is 0 Å². The lowest BCUT2D eigenvalue weighted by molar-refractivity contribution is 0.0730. The van der Waals surface area contributed by atoms with Crippen molar-refractivity contribution in [1.29, 1.82) is 0 Å². The predicted octanol–water partition coefficient (Wildman–Crippen LogP) is 3.29. The zero-order valence-corrected chi connectivity index (χ0v) is 18.7. The molecule has 0 saturated carbocycles. The van der Waals surface area contributed by atoms with Crippen LogP contribution in [-0.4, -0.2) is 52.8 Å². The Bertz CT molecular complexity index is 847. The average molecular weight is 431 g/mol. The topological polar surface area (TPSA) is 107 Å². The third-order valence-corrected chi connectivity index (χ3v) is 5.79. The molecule has 6 nitrogen and oxygen atoms in total. The van der Waals surface area contributed by atoms with E-state index >= 15 is 0 Å². The number of carbonyl (C=O) groups is 1. The molecule has 0 aliphatic rings. The summed E-state index contributed by atoms with van der Waals surface area (Å²) in [5.74, 6) is -1.12. The molecule has 2 rings (SSSR count). The van der Waals surface area contributed by atoms with Gasteiger partial charge in [0.15, 0.2) is 0 Å². The zero-order valence-electron chi connectivity index (χ0n) is 18.7. The Morgan fingerprint density at radius 3 is 1.71 bits per heavy atom. The average Bonchev–Trinajstić information content (AvgIpc) is 2.80. The second-order valence-electron chi connectivity index (χ2n) is 8.37. The fraction of sp³-hybridized carbons (Fsp3) is 0.480. The van der Waals surface area contributed by atoms with Crippen molar-refractivity contribution in [2.45, 2.75) is 51.4 Å². The van der Waals surface area contributed by atoms with E-state index in [0.29, 0.717) is 22.4 Å². The smallest absolute Gasteiger partial charge is 0.344 e. The Kier molecular flexibility index (Phi) is 9.19. The normalized spacial score (nSPS) is 15.2. The van der Waals surface area contributed by atoms with E-state index in [2.05, 4.69) is 0 Å². The van der Waals surface area contributed by atoms with Gasteiger partial charge >= 0.3 is 5.97 Å². The van der Waals surface area contributed by atoms with E-state index in [0.717, 1.165) is 11.1 Å². The van der Waals surface area contributed by atoms with Crippen LogP contribution in [-0.2, 0) is 0 Å². The van der Waals surface area contributed by atoms with Crippen LogP contribution >= 0.6 is 0 Å².